The molecule has 0 amide bonds. The molecule has 0 spiro atoms. The molecule has 2 atom stereocenters. The lowest BCUT2D eigenvalue weighted by molar-refractivity contribution is 0.235. The zero-order chi connectivity index (χ0) is 12.6. The lowest BCUT2D eigenvalue weighted by Crippen LogP contribution is -2.38. The second-order valence-electron chi connectivity index (χ2n) is 4.86. The van der Waals surface area contributed by atoms with Gasteiger partial charge in [0.15, 0.2) is 0 Å². The first kappa shape index (κ1) is 15.9. The standard InChI is InChI=1S/C9H20N2.C2H7BO2/c1-11(2)7-8-5-3-4-6-9(8)10;1-2-3(4)5/h8-9H,3-7,10H2,1-2H3;4-5H,2H2,1H3/t8-,9-;/m0./s1. The molecule has 0 unspecified atom stereocenters. The molecular weight excluding hydrogens is 203 g/mol. The Morgan fingerprint density at radius 1 is 1.25 bits per heavy atom. The van der Waals surface area contributed by atoms with Crippen molar-refractivity contribution in [2.45, 2.75) is 45.0 Å². The maximum absolute atomic E-state index is 7.92. The highest BCUT2D eigenvalue weighted by Gasteiger charge is 2.21. The molecule has 1 saturated carbocycles. The van der Waals surface area contributed by atoms with E-state index in [0.717, 1.165) is 5.92 Å². The van der Waals surface area contributed by atoms with Crippen LogP contribution in [0.2, 0.25) is 6.32 Å². The van der Waals surface area contributed by atoms with Crippen LogP contribution in [0.3, 0.4) is 0 Å². The molecule has 0 heterocycles. The average molecular weight is 230 g/mol. The first-order valence-electron chi connectivity index (χ1n) is 6.23. The minimum atomic E-state index is -1.12. The molecule has 0 aromatic carbocycles. The van der Waals surface area contributed by atoms with Gasteiger partial charge in [-0.25, -0.2) is 0 Å². The number of nitrogens with zero attached hydrogens (tertiary/aromatic N) is 1. The first-order valence-corrected chi connectivity index (χ1v) is 6.23. The molecule has 0 bridgehead atoms. The largest absolute Gasteiger partial charge is 0.451 e. The second-order valence-corrected chi connectivity index (χ2v) is 4.86. The van der Waals surface area contributed by atoms with Gasteiger partial charge in [0.1, 0.15) is 0 Å². The minimum Gasteiger partial charge on any atom is -0.427 e. The van der Waals surface area contributed by atoms with Crippen LogP contribution in [-0.4, -0.2) is 48.7 Å². The van der Waals surface area contributed by atoms with Crippen LogP contribution >= 0.6 is 0 Å². The quantitative estimate of drug-likeness (QED) is 0.619. The fourth-order valence-electron chi connectivity index (χ4n) is 1.93. The fraction of sp³-hybridized carbons (Fsp3) is 1.00. The highest BCUT2D eigenvalue weighted by atomic mass is 16.4. The van der Waals surface area contributed by atoms with Crippen molar-refractivity contribution in [2.75, 3.05) is 20.6 Å². The Bertz CT molecular complexity index is 168. The minimum absolute atomic E-state index is 0.417. The number of hydrogen-bond acceptors (Lipinski definition) is 4. The van der Waals surface area contributed by atoms with Crippen LogP contribution in [0.15, 0.2) is 0 Å². The van der Waals surface area contributed by atoms with Crippen LogP contribution in [0, 0.1) is 5.92 Å². The molecule has 1 aliphatic rings. The van der Waals surface area contributed by atoms with E-state index in [4.69, 9.17) is 15.8 Å². The highest BCUT2D eigenvalue weighted by Crippen LogP contribution is 2.22. The third-order valence-corrected chi connectivity index (χ3v) is 2.93. The van der Waals surface area contributed by atoms with Crippen molar-refractivity contribution < 1.29 is 10.0 Å². The molecule has 96 valence electrons. The van der Waals surface area contributed by atoms with Crippen LogP contribution in [0.1, 0.15) is 32.6 Å². The van der Waals surface area contributed by atoms with E-state index in [1.165, 1.54) is 32.2 Å². The van der Waals surface area contributed by atoms with Gasteiger partial charge in [0, 0.05) is 12.6 Å². The van der Waals surface area contributed by atoms with Crippen LogP contribution < -0.4 is 5.73 Å². The predicted octanol–water partition coefficient (Wildman–Crippen LogP) is 0.545. The highest BCUT2D eigenvalue weighted by molar-refractivity contribution is 6.40. The fourth-order valence-corrected chi connectivity index (χ4v) is 1.93. The van der Waals surface area contributed by atoms with Crippen LogP contribution in [0.25, 0.3) is 0 Å². The van der Waals surface area contributed by atoms with Gasteiger partial charge in [-0.3, -0.25) is 0 Å². The monoisotopic (exact) mass is 230 g/mol. The van der Waals surface area contributed by atoms with Gasteiger partial charge in [0.25, 0.3) is 0 Å². The third kappa shape index (κ3) is 8.10. The average Bonchev–Trinajstić information content (AvgIpc) is 2.22. The van der Waals surface area contributed by atoms with Crippen molar-refractivity contribution in [3.05, 3.63) is 0 Å². The summed E-state index contributed by atoms with van der Waals surface area (Å²) in [6.07, 6.45) is 5.70. The van der Waals surface area contributed by atoms with Crippen LogP contribution in [0.5, 0.6) is 0 Å². The van der Waals surface area contributed by atoms with E-state index in [9.17, 15) is 0 Å². The van der Waals surface area contributed by atoms with E-state index < -0.39 is 7.12 Å². The van der Waals surface area contributed by atoms with E-state index in [0.29, 0.717) is 12.4 Å². The summed E-state index contributed by atoms with van der Waals surface area (Å²) >= 11 is 0. The van der Waals surface area contributed by atoms with E-state index in [1.54, 1.807) is 6.92 Å². The Balaban J connectivity index is 0.000000385. The summed E-state index contributed by atoms with van der Waals surface area (Å²) in [4.78, 5) is 2.25. The molecule has 0 saturated heterocycles. The zero-order valence-corrected chi connectivity index (χ0v) is 10.9. The summed E-state index contributed by atoms with van der Waals surface area (Å²) in [6, 6.07) is 0.464. The number of nitrogens with two attached hydrogens (primary N) is 1. The Kier molecular flexibility index (Phi) is 8.94. The molecule has 1 fully saturated rings. The third-order valence-electron chi connectivity index (χ3n) is 2.93. The summed E-state index contributed by atoms with van der Waals surface area (Å²) in [5, 5.41) is 15.8. The first-order chi connectivity index (χ1) is 7.47. The summed E-state index contributed by atoms with van der Waals surface area (Å²) in [6.45, 7) is 2.87. The van der Waals surface area contributed by atoms with E-state index in [1.807, 2.05) is 0 Å². The summed E-state index contributed by atoms with van der Waals surface area (Å²) in [5.74, 6) is 0.749. The van der Waals surface area contributed by atoms with Crippen LogP contribution in [0.4, 0.5) is 0 Å². The maximum Gasteiger partial charge on any atom is 0.451 e. The van der Waals surface area contributed by atoms with Crippen molar-refractivity contribution in [1.82, 2.24) is 4.90 Å². The molecule has 0 aromatic rings. The predicted molar refractivity (Wildman–Crippen MR) is 69.2 cm³/mol. The van der Waals surface area contributed by atoms with Gasteiger partial charge in [-0.1, -0.05) is 19.8 Å². The van der Waals surface area contributed by atoms with E-state index in [2.05, 4.69) is 19.0 Å². The topological polar surface area (TPSA) is 69.7 Å². The van der Waals surface area contributed by atoms with Crippen LogP contribution in [-0.2, 0) is 0 Å². The van der Waals surface area contributed by atoms with Gasteiger partial charge in [-0.15, -0.1) is 0 Å². The molecule has 4 N–H and O–H groups in total. The molecular formula is C11H27BN2O2. The Hall–Kier alpha value is -0.0951. The summed E-state index contributed by atoms with van der Waals surface area (Å²) < 4.78 is 0. The Labute approximate surface area is 100.0 Å². The molecule has 4 nitrogen and oxygen atoms in total. The molecule has 5 heteroatoms. The van der Waals surface area contributed by atoms with E-state index >= 15 is 0 Å². The van der Waals surface area contributed by atoms with Gasteiger partial charge in [-0.2, -0.15) is 0 Å². The molecule has 0 aliphatic heterocycles. The van der Waals surface area contributed by atoms with Crippen molar-refractivity contribution in [2.24, 2.45) is 11.7 Å². The normalized spacial score (nSPS) is 24.9. The zero-order valence-electron chi connectivity index (χ0n) is 10.9. The SMILES string of the molecule is CCB(O)O.CN(C)C[C@@H]1CCCC[C@@H]1N. The second kappa shape index (κ2) is 8.99. The molecule has 0 aromatic heterocycles. The van der Waals surface area contributed by atoms with Crippen molar-refractivity contribution in [1.29, 1.82) is 0 Å². The van der Waals surface area contributed by atoms with E-state index in [-0.39, 0.29) is 0 Å². The van der Waals surface area contributed by atoms with Gasteiger partial charge in [0.05, 0.1) is 0 Å². The maximum atomic E-state index is 7.92. The molecule has 0 radical (unpaired) electrons. The molecule has 1 rings (SSSR count). The van der Waals surface area contributed by atoms with Crippen molar-refractivity contribution in [3.63, 3.8) is 0 Å². The van der Waals surface area contributed by atoms with Gasteiger partial charge >= 0.3 is 7.12 Å². The Morgan fingerprint density at radius 3 is 2.12 bits per heavy atom. The number of hydrogen-bond donors (Lipinski definition) is 3. The number of rotatable bonds is 3. The molecule has 16 heavy (non-hydrogen) atoms. The summed E-state index contributed by atoms with van der Waals surface area (Å²) in [7, 11) is 3.14. The van der Waals surface area contributed by atoms with Gasteiger partial charge in [0.2, 0.25) is 0 Å². The van der Waals surface area contributed by atoms with Crippen molar-refractivity contribution in [3.8, 4) is 0 Å². The van der Waals surface area contributed by atoms with Gasteiger partial charge in [-0.05, 0) is 39.2 Å². The smallest absolute Gasteiger partial charge is 0.427 e. The summed E-state index contributed by atoms with van der Waals surface area (Å²) in [5.41, 5.74) is 6.00. The van der Waals surface area contributed by atoms with Crippen molar-refractivity contribution >= 4 is 7.12 Å². The Morgan fingerprint density at radius 2 is 1.75 bits per heavy atom. The lowest BCUT2D eigenvalue weighted by atomic mass is 9.85. The molecule has 1 aliphatic carbocycles. The van der Waals surface area contributed by atoms with Gasteiger partial charge < -0.3 is 20.7 Å². The lowest BCUT2D eigenvalue weighted by Gasteiger charge is -2.30.